The second-order valence-electron chi connectivity index (χ2n) is 5.55. The lowest BCUT2D eigenvalue weighted by molar-refractivity contribution is 0.0836. The van der Waals surface area contributed by atoms with E-state index in [1.807, 2.05) is 18.2 Å². The molecule has 3 rings (SSSR count). The Morgan fingerprint density at radius 2 is 2.29 bits per heavy atom. The summed E-state index contributed by atoms with van der Waals surface area (Å²) in [6.07, 6.45) is 3.25. The van der Waals surface area contributed by atoms with E-state index in [0.717, 1.165) is 54.3 Å². The number of fused-ring (bicyclic) bond motifs is 1. The Balaban J connectivity index is 2.00. The summed E-state index contributed by atoms with van der Waals surface area (Å²) in [5.41, 5.74) is 1.98. The fourth-order valence-corrected chi connectivity index (χ4v) is 3.69. The number of alkyl halides is 1. The van der Waals surface area contributed by atoms with Crippen LogP contribution in [0.25, 0.3) is 11.0 Å². The number of hydrogen-bond donors (Lipinski definition) is 0. The number of hydrogen-bond acceptors (Lipinski definition) is 2. The molecule has 2 unspecified atom stereocenters. The number of halogens is 2. The van der Waals surface area contributed by atoms with Crippen molar-refractivity contribution >= 4 is 34.2 Å². The molecule has 0 saturated carbocycles. The Bertz CT molecular complexity index is 626. The van der Waals surface area contributed by atoms with Crippen LogP contribution in [0.3, 0.4) is 0 Å². The second-order valence-corrected chi connectivity index (χ2v) is 6.34. The van der Waals surface area contributed by atoms with Crippen molar-refractivity contribution in [2.45, 2.75) is 38.8 Å². The quantitative estimate of drug-likeness (QED) is 0.766. The van der Waals surface area contributed by atoms with Gasteiger partial charge < -0.3 is 9.30 Å². The molecule has 0 amide bonds. The standard InChI is InChI=1S/C16H20Cl2N2O/c1-2-14-11(7-9-21-14)10-20-15(6-8-17)19-13-5-3-4-12(18)16(13)20/h3-5,11,14H,2,6-10H2,1H3. The molecule has 2 aromatic rings. The molecule has 114 valence electrons. The largest absolute Gasteiger partial charge is 0.378 e. The van der Waals surface area contributed by atoms with Gasteiger partial charge in [-0.25, -0.2) is 4.98 Å². The molecule has 1 saturated heterocycles. The summed E-state index contributed by atoms with van der Waals surface area (Å²) in [6, 6.07) is 5.88. The third-order valence-electron chi connectivity index (χ3n) is 4.28. The molecule has 0 radical (unpaired) electrons. The molecular formula is C16H20Cl2N2O. The minimum absolute atomic E-state index is 0.341. The number of aryl methyl sites for hydroxylation is 1. The number of nitrogens with zero attached hydrogens (tertiary/aromatic N) is 2. The highest BCUT2D eigenvalue weighted by Crippen LogP contribution is 2.30. The Kier molecular flexibility index (Phi) is 4.72. The van der Waals surface area contributed by atoms with Gasteiger partial charge in [-0.15, -0.1) is 11.6 Å². The summed E-state index contributed by atoms with van der Waals surface area (Å²) in [7, 11) is 0. The van der Waals surface area contributed by atoms with Crippen LogP contribution in [0.2, 0.25) is 5.02 Å². The van der Waals surface area contributed by atoms with E-state index in [-0.39, 0.29) is 0 Å². The summed E-state index contributed by atoms with van der Waals surface area (Å²) in [5, 5.41) is 0.757. The topological polar surface area (TPSA) is 27.1 Å². The van der Waals surface area contributed by atoms with Crippen molar-refractivity contribution in [3.05, 3.63) is 29.0 Å². The molecule has 1 aliphatic rings. The first kappa shape index (κ1) is 15.1. The molecule has 3 nitrogen and oxygen atoms in total. The van der Waals surface area contributed by atoms with E-state index >= 15 is 0 Å². The highest BCUT2D eigenvalue weighted by atomic mass is 35.5. The highest BCUT2D eigenvalue weighted by molar-refractivity contribution is 6.35. The SMILES string of the molecule is CCC1OCCC1Cn1c(CCCl)nc2cccc(Cl)c21. The van der Waals surface area contributed by atoms with Crippen LogP contribution in [0.15, 0.2) is 18.2 Å². The van der Waals surface area contributed by atoms with Crippen LogP contribution < -0.4 is 0 Å². The fourth-order valence-electron chi connectivity index (χ4n) is 3.25. The zero-order chi connectivity index (χ0) is 14.8. The summed E-state index contributed by atoms with van der Waals surface area (Å²) in [6.45, 7) is 3.95. The van der Waals surface area contributed by atoms with Crippen LogP contribution in [0.1, 0.15) is 25.6 Å². The Labute approximate surface area is 135 Å². The molecular weight excluding hydrogens is 307 g/mol. The van der Waals surface area contributed by atoms with Crippen LogP contribution in [0.4, 0.5) is 0 Å². The normalized spacial score (nSPS) is 22.2. The lowest BCUT2D eigenvalue weighted by atomic mass is 9.99. The lowest BCUT2D eigenvalue weighted by Gasteiger charge is -2.19. The number of ether oxygens (including phenoxy) is 1. The van der Waals surface area contributed by atoms with Crippen molar-refractivity contribution in [2.75, 3.05) is 12.5 Å². The first-order valence-corrected chi connectivity index (χ1v) is 8.47. The van der Waals surface area contributed by atoms with Crippen molar-refractivity contribution in [1.29, 1.82) is 0 Å². The van der Waals surface area contributed by atoms with Gasteiger partial charge in [-0.2, -0.15) is 0 Å². The average molecular weight is 327 g/mol. The molecule has 5 heteroatoms. The van der Waals surface area contributed by atoms with Gasteiger partial charge in [-0.3, -0.25) is 0 Å². The summed E-state index contributed by atoms with van der Waals surface area (Å²) < 4.78 is 8.06. The van der Waals surface area contributed by atoms with Crippen molar-refractivity contribution in [2.24, 2.45) is 5.92 Å². The number of para-hydroxylation sites is 1. The Hall–Kier alpha value is -0.770. The van der Waals surface area contributed by atoms with E-state index in [0.29, 0.717) is 17.9 Å². The fraction of sp³-hybridized carbons (Fsp3) is 0.562. The van der Waals surface area contributed by atoms with Gasteiger partial charge in [0.1, 0.15) is 5.82 Å². The maximum atomic E-state index is 6.41. The maximum Gasteiger partial charge on any atom is 0.111 e. The molecule has 1 aliphatic heterocycles. The first-order chi connectivity index (χ1) is 10.2. The lowest BCUT2D eigenvalue weighted by Crippen LogP contribution is -2.21. The molecule has 2 atom stereocenters. The second kappa shape index (κ2) is 6.55. The third-order valence-corrected chi connectivity index (χ3v) is 4.77. The molecule has 1 aromatic heterocycles. The van der Waals surface area contributed by atoms with Crippen LogP contribution in [-0.2, 0) is 17.7 Å². The van der Waals surface area contributed by atoms with Crippen molar-refractivity contribution < 1.29 is 4.74 Å². The highest BCUT2D eigenvalue weighted by Gasteiger charge is 2.28. The number of aromatic nitrogens is 2. The molecule has 0 bridgehead atoms. The van der Waals surface area contributed by atoms with E-state index in [2.05, 4.69) is 11.5 Å². The molecule has 0 aliphatic carbocycles. The van der Waals surface area contributed by atoms with Crippen molar-refractivity contribution in [1.82, 2.24) is 9.55 Å². The van der Waals surface area contributed by atoms with E-state index in [1.54, 1.807) is 0 Å². The van der Waals surface area contributed by atoms with Crippen molar-refractivity contribution in [3.63, 3.8) is 0 Å². The van der Waals surface area contributed by atoms with Gasteiger partial charge in [0.25, 0.3) is 0 Å². The zero-order valence-corrected chi connectivity index (χ0v) is 13.7. The number of imidazole rings is 1. The monoisotopic (exact) mass is 326 g/mol. The molecule has 2 heterocycles. The van der Waals surface area contributed by atoms with E-state index in [9.17, 15) is 0 Å². The van der Waals surface area contributed by atoms with Gasteiger partial charge >= 0.3 is 0 Å². The molecule has 1 aromatic carbocycles. The zero-order valence-electron chi connectivity index (χ0n) is 12.2. The maximum absolute atomic E-state index is 6.41. The summed E-state index contributed by atoms with van der Waals surface area (Å²) >= 11 is 12.3. The average Bonchev–Trinajstić information content (AvgIpc) is 3.06. The molecule has 0 spiro atoms. The molecule has 21 heavy (non-hydrogen) atoms. The van der Waals surface area contributed by atoms with Gasteiger partial charge in [0, 0.05) is 31.4 Å². The smallest absolute Gasteiger partial charge is 0.111 e. The summed E-state index contributed by atoms with van der Waals surface area (Å²) in [4.78, 5) is 4.71. The summed E-state index contributed by atoms with van der Waals surface area (Å²) in [5.74, 6) is 2.12. The predicted molar refractivity (Wildman–Crippen MR) is 87.3 cm³/mol. The van der Waals surface area contributed by atoms with Crippen LogP contribution in [-0.4, -0.2) is 28.1 Å². The number of benzene rings is 1. The van der Waals surface area contributed by atoms with Gasteiger partial charge in [-0.1, -0.05) is 24.6 Å². The van der Waals surface area contributed by atoms with Gasteiger partial charge in [0.05, 0.1) is 22.2 Å². The first-order valence-electron chi connectivity index (χ1n) is 7.55. The van der Waals surface area contributed by atoms with Crippen LogP contribution >= 0.6 is 23.2 Å². The van der Waals surface area contributed by atoms with Gasteiger partial charge in [0.2, 0.25) is 0 Å². The minimum atomic E-state index is 0.341. The van der Waals surface area contributed by atoms with Crippen LogP contribution in [0, 0.1) is 5.92 Å². The Morgan fingerprint density at radius 1 is 1.43 bits per heavy atom. The van der Waals surface area contributed by atoms with Gasteiger partial charge in [0.15, 0.2) is 0 Å². The third kappa shape index (κ3) is 2.92. The van der Waals surface area contributed by atoms with Gasteiger partial charge in [-0.05, 0) is 25.0 Å². The van der Waals surface area contributed by atoms with Crippen molar-refractivity contribution in [3.8, 4) is 0 Å². The van der Waals surface area contributed by atoms with E-state index in [1.165, 1.54) is 0 Å². The van der Waals surface area contributed by atoms with E-state index < -0.39 is 0 Å². The van der Waals surface area contributed by atoms with Crippen LogP contribution in [0.5, 0.6) is 0 Å². The molecule has 1 fully saturated rings. The predicted octanol–water partition coefficient (Wildman–Crippen LogP) is 4.29. The Morgan fingerprint density at radius 3 is 3.05 bits per heavy atom. The molecule has 0 N–H and O–H groups in total. The minimum Gasteiger partial charge on any atom is -0.378 e. The van der Waals surface area contributed by atoms with E-state index in [4.69, 9.17) is 32.9 Å². The number of rotatable bonds is 5.